The Balaban J connectivity index is 1.50. The molecule has 0 unspecified atom stereocenters. The molecule has 3 aromatic carbocycles. The van der Waals surface area contributed by atoms with Crippen molar-refractivity contribution in [3.63, 3.8) is 0 Å². The van der Waals surface area contributed by atoms with Crippen molar-refractivity contribution in [1.29, 1.82) is 0 Å². The van der Waals surface area contributed by atoms with Crippen molar-refractivity contribution in [2.75, 3.05) is 6.54 Å². The van der Waals surface area contributed by atoms with E-state index in [4.69, 9.17) is 4.42 Å². The van der Waals surface area contributed by atoms with Crippen LogP contribution in [0.15, 0.2) is 80.5 Å². The summed E-state index contributed by atoms with van der Waals surface area (Å²) in [6.45, 7) is 0.413. The highest BCUT2D eigenvalue weighted by atomic mass is 79.9. The average Bonchev–Trinajstić information content (AvgIpc) is 3.41. The smallest absolute Gasteiger partial charge is 0.243 e. The van der Waals surface area contributed by atoms with E-state index >= 15 is 0 Å². The highest BCUT2D eigenvalue weighted by Gasteiger charge is 2.39. The number of aromatic nitrogens is 1. The Hall–Kier alpha value is -2.55. The van der Waals surface area contributed by atoms with Crippen LogP contribution in [-0.2, 0) is 10.0 Å². The molecule has 0 spiro atoms. The highest BCUT2D eigenvalue weighted by Crippen LogP contribution is 2.38. The quantitative estimate of drug-likeness (QED) is 0.348. The molecule has 1 aromatic heterocycles. The zero-order valence-electron chi connectivity index (χ0n) is 16.3. The van der Waals surface area contributed by atoms with Crippen molar-refractivity contribution in [2.45, 2.75) is 23.8 Å². The average molecular weight is 501 g/mol. The third-order valence-electron chi connectivity index (χ3n) is 5.47. The molecule has 5 nitrogen and oxygen atoms in total. The van der Waals surface area contributed by atoms with E-state index in [0.717, 1.165) is 22.0 Å². The Bertz CT molecular complexity index is 1370. The van der Waals surface area contributed by atoms with Crippen LogP contribution in [0.25, 0.3) is 22.2 Å². The molecule has 0 aliphatic carbocycles. The van der Waals surface area contributed by atoms with Gasteiger partial charge in [-0.05, 0) is 72.5 Å². The Morgan fingerprint density at radius 3 is 2.58 bits per heavy atom. The highest BCUT2D eigenvalue weighted by molar-refractivity contribution is 9.10. The first-order valence-electron chi connectivity index (χ1n) is 9.86. The SMILES string of the molecule is O=S(=O)(c1ccc(Br)cc1)N1CCC[C@@H]1c1nc2cc(-c3cccc(F)c3)ccc2o1. The van der Waals surface area contributed by atoms with Crippen molar-refractivity contribution in [2.24, 2.45) is 0 Å². The maximum absolute atomic E-state index is 13.6. The number of rotatable bonds is 4. The number of benzene rings is 3. The van der Waals surface area contributed by atoms with E-state index < -0.39 is 16.1 Å². The Labute approximate surface area is 187 Å². The summed E-state index contributed by atoms with van der Waals surface area (Å²) >= 11 is 3.34. The van der Waals surface area contributed by atoms with E-state index in [2.05, 4.69) is 20.9 Å². The number of sulfonamides is 1. The summed E-state index contributed by atoms with van der Waals surface area (Å²) in [6, 6.07) is 18.0. The van der Waals surface area contributed by atoms with Gasteiger partial charge in [-0.15, -0.1) is 0 Å². The molecule has 0 saturated carbocycles. The van der Waals surface area contributed by atoms with E-state index in [1.165, 1.54) is 16.4 Å². The second-order valence-corrected chi connectivity index (χ2v) is 10.3. The Morgan fingerprint density at radius 1 is 1.03 bits per heavy atom. The molecule has 1 aliphatic heterocycles. The van der Waals surface area contributed by atoms with Gasteiger partial charge in [-0.2, -0.15) is 4.31 Å². The summed E-state index contributed by atoms with van der Waals surface area (Å²) in [7, 11) is -3.68. The van der Waals surface area contributed by atoms with Crippen LogP contribution in [0.2, 0.25) is 0 Å². The van der Waals surface area contributed by atoms with Crippen molar-refractivity contribution in [3.8, 4) is 11.1 Å². The van der Waals surface area contributed by atoms with Gasteiger partial charge in [0.15, 0.2) is 5.58 Å². The fraction of sp³-hybridized carbons (Fsp3) is 0.174. The molecule has 1 atom stereocenters. The minimum Gasteiger partial charge on any atom is -0.439 e. The maximum Gasteiger partial charge on any atom is 0.243 e. The first-order chi connectivity index (χ1) is 14.9. The number of oxazole rings is 1. The lowest BCUT2D eigenvalue weighted by Gasteiger charge is -2.21. The Kier molecular flexibility index (Phi) is 5.16. The largest absolute Gasteiger partial charge is 0.439 e. The molecule has 8 heteroatoms. The lowest BCUT2D eigenvalue weighted by Crippen LogP contribution is -2.30. The normalized spacial score (nSPS) is 17.4. The van der Waals surface area contributed by atoms with Gasteiger partial charge in [-0.3, -0.25) is 0 Å². The molecule has 0 amide bonds. The third-order valence-corrected chi connectivity index (χ3v) is 7.92. The molecule has 1 saturated heterocycles. The minimum atomic E-state index is -3.68. The predicted octanol–water partition coefficient (Wildman–Crippen LogP) is 5.92. The van der Waals surface area contributed by atoms with Gasteiger partial charge < -0.3 is 4.42 Å². The number of halogens is 2. The van der Waals surface area contributed by atoms with Gasteiger partial charge in [0.2, 0.25) is 15.9 Å². The minimum absolute atomic E-state index is 0.243. The molecule has 158 valence electrons. The van der Waals surface area contributed by atoms with Crippen LogP contribution in [0.4, 0.5) is 4.39 Å². The van der Waals surface area contributed by atoms with Gasteiger partial charge in [-0.1, -0.05) is 34.1 Å². The van der Waals surface area contributed by atoms with E-state index in [9.17, 15) is 12.8 Å². The fourth-order valence-corrected chi connectivity index (χ4v) is 5.87. The molecule has 0 radical (unpaired) electrons. The molecule has 5 rings (SSSR count). The molecule has 0 N–H and O–H groups in total. The van der Waals surface area contributed by atoms with Gasteiger partial charge in [0.1, 0.15) is 17.4 Å². The molecular weight excluding hydrogens is 483 g/mol. The molecule has 4 aromatic rings. The summed E-state index contributed by atoms with van der Waals surface area (Å²) in [4.78, 5) is 4.84. The number of fused-ring (bicyclic) bond motifs is 1. The lowest BCUT2D eigenvalue weighted by molar-refractivity contribution is 0.337. The van der Waals surface area contributed by atoms with Crippen LogP contribution in [0, 0.1) is 5.82 Å². The predicted molar refractivity (Wildman–Crippen MR) is 119 cm³/mol. The molecule has 31 heavy (non-hydrogen) atoms. The second-order valence-electron chi connectivity index (χ2n) is 7.47. The monoisotopic (exact) mass is 500 g/mol. The van der Waals surface area contributed by atoms with E-state index in [1.54, 1.807) is 36.4 Å². The van der Waals surface area contributed by atoms with Crippen molar-refractivity contribution in [3.05, 3.63) is 82.9 Å². The summed E-state index contributed by atoms with van der Waals surface area (Å²) in [5, 5.41) is 0. The van der Waals surface area contributed by atoms with Gasteiger partial charge in [0.25, 0.3) is 0 Å². The van der Waals surface area contributed by atoms with Crippen molar-refractivity contribution < 1.29 is 17.2 Å². The molecule has 1 fully saturated rings. The lowest BCUT2D eigenvalue weighted by atomic mass is 10.1. The van der Waals surface area contributed by atoms with Crippen molar-refractivity contribution >= 4 is 37.1 Å². The zero-order valence-corrected chi connectivity index (χ0v) is 18.7. The van der Waals surface area contributed by atoms with Crippen LogP contribution in [0.5, 0.6) is 0 Å². The first-order valence-corrected chi connectivity index (χ1v) is 12.1. The van der Waals surface area contributed by atoms with Crippen LogP contribution < -0.4 is 0 Å². The maximum atomic E-state index is 13.6. The number of hydrogen-bond donors (Lipinski definition) is 0. The second kappa shape index (κ2) is 7.85. The number of nitrogens with zero attached hydrogens (tertiary/aromatic N) is 2. The molecule has 1 aliphatic rings. The zero-order chi connectivity index (χ0) is 21.6. The summed E-state index contributed by atoms with van der Waals surface area (Å²) < 4.78 is 48.3. The van der Waals surface area contributed by atoms with Crippen LogP contribution >= 0.6 is 15.9 Å². The van der Waals surface area contributed by atoms with Crippen LogP contribution in [0.3, 0.4) is 0 Å². The first kappa shape index (κ1) is 20.4. The fourth-order valence-electron chi connectivity index (χ4n) is 3.95. The van der Waals surface area contributed by atoms with Gasteiger partial charge in [0, 0.05) is 11.0 Å². The van der Waals surface area contributed by atoms with Crippen LogP contribution in [0.1, 0.15) is 24.8 Å². The molecule has 0 bridgehead atoms. The number of hydrogen-bond acceptors (Lipinski definition) is 4. The standard InChI is InChI=1S/C23H18BrFN2O3S/c24-17-7-9-19(10-8-17)31(28,29)27-12-2-5-21(27)23-26-20-14-16(6-11-22(20)30-23)15-3-1-4-18(25)13-15/h1,3-4,6-11,13-14,21H,2,5,12H2/t21-/m1/s1. The van der Waals surface area contributed by atoms with E-state index in [0.29, 0.717) is 30.0 Å². The van der Waals surface area contributed by atoms with E-state index in [1.807, 2.05) is 18.2 Å². The van der Waals surface area contributed by atoms with Crippen molar-refractivity contribution in [1.82, 2.24) is 9.29 Å². The molecular formula is C23H18BrFN2O3S. The third kappa shape index (κ3) is 3.79. The molecule has 2 heterocycles. The summed E-state index contributed by atoms with van der Waals surface area (Å²) in [5.74, 6) is 0.0720. The van der Waals surface area contributed by atoms with Gasteiger partial charge in [0.05, 0.1) is 4.90 Å². The summed E-state index contributed by atoms with van der Waals surface area (Å²) in [5.41, 5.74) is 2.75. The van der Waals surface area contributed by atoms with E-state index in [-0.39, 0.29) is 10.7 Å². The summed E-state index contributed by atoms with van der Waals surface area (Å²) in [6.07, 6.45) is 1.37. The van der Waals surface area contributed by atoms with Gasteiger partial charge >= 0.3 is 0 Å². The van der Waals surface area contributed by atoms with Crippen LogP contribution in [-0.4, -0.2) is 24.3 Å². The van der Waals surface area contributed by atoms with Gasteiger partial charge in [-0.25, -0.2) is 17.8 Å². The topological polar surface area (TPSA) is 63.4 Å². The Morgan fingerprint density at radius 2 is 1.81 bits per heavy atom.